The van der Waals surface area contributed by atoms with E-state index in [9.17, 15) is 5.11 Å². The lowest BCUT2D eigenvalue weighted by molar-refractivity contribution is 0.0603. The molecular formula is C17H28N2O2. The first kappa shape index (κ1) is 16.1. The van der Waals surface area contributed by atoms with Crippen molar-refractivity contribution in [1.82, 2.24) is 4.90 Å². The first-order chi connectivity index (χ1) is 10.1. The highest BCUT2D eigenvalue weighted by molar-refractivity contribution is 5.41. The second-order valence-electron chi connectivity index (χ2n) is 6.12. The van der Waals surface area contributed by atoms with Gasteiger partial charge in [0.2, 0.25) is 0 Å². The zero-order valence-corrected chi connectivity index (χ0v) is 13.0. The number of nitrogens with two attached hydrogens (primary N) is 1. The van der Waals surface area contributed by atoms with Crippen LogP contribution in [0.15, 0.2) is 24.3 Å². The Morgan fingerprint density at radius 3 is 2.43 bits per heavy atom. The number of aliphatic hydroxyl groups excluding tert-OH is 1. The molecule has 1 saturated carbocycles. The summed E-state index contributed by atoms with van der Waals surface area (Å²) >= 11 is 0. The summed E-state index contributed by atoms with van der Waals surface area (Å²) in [6, 6.07) is 7.88. The molecule has 1 aliphatic rings. The van der Waals surface area contributed by atoms with E-state index in [0.29, 0.717) is 19.2 Å². The van der Waals surface area contributed by atoms with Crippen molar-refractivity contribution in [2.24, 2.45) is 0 Å². The zero-order valence-electron chi connectivity index (χ0n) is 13.0. The number of nitrogens with zero attached hydrogens (tertiary/aromatic N) is 1. The van der Waals surface area contributed by atoms with E-state index >= 15 is 0 Å². The first-order valence-electron chi connectivity index (χ1n) is 8.02. The number of ether oxygens (including phenoxy) is 1. The molecule has 0 amide bonds. The molecule has 1 aromatic carbocycles. The molecule has 21 heavy (non-hydrogen) atoms. The summed E-state index contributed by atoms with van der Waals surface area (Å²) in [6.07, 6.45) is 7.38. The Bertz CT molecular complexity index is 400. The highest BCUT2D eigenvalue weighted by Gasteiger charge is 2.19. The van der Waals surface area contributed by atoms with Crippen molar-refractivity contribution in [3.8, 4) is 5.75 Å². The van der Waals surface area contributed by atoms with Gasteiger partial charge in [-0.3, -0.25) is 0 Å². The van der Waals surface area contributed by atoms with Gasteiger partial charge >= 0.3 is 0 Å². The van der Waals surface area contributed by atoms with E-state index in [1.807, 2.05) is 12.1 Å². The molecule has 4 nitrogen and oxygen atoms in total. The Morgan fingerprint density at radius 2 is 1.81 bits per heavy atom. The van der Waals surface area contributed by atoms with Crippen LogP contribution in [0.2, 0.25) is 0 Å². The Morgan fingerprint density at radius 1 is 1.19 bits per heavy atom. The molecule has 1 atom stereocenters. The van der Waals surface area contributed by atoms with Gasteiger partial charge in [0.15, 0.2) is 0 Å². The van der Waals surface area contributed by atoms with E-state index in [1.54, 1.807) is 12.1 Å². The molecule has 1 aromatic rings. The third-order valence-electron chi connectivity index (χ3n) is 4.27. The van der Waals surface area contributed by atoms with Gasteiger partial charge in [0.25, 0.3) is 0 Å². The Hall–Kier alpha value is -1.26. The van der Waals surface area contributed by atoms with E-state index in [-0.39, 0.29) is 0 Å². The topological polar surface area (TPSA) is 58.7 Å². The lowest BCUT2D eigenvalue weighted by Crippen LogP contribution is -2.39. The van der Waals surface area contributed by atoms with Gasteiger partial charge in [-0.2, -0.15) is 0 Å². The molecule has 0 aliphatic heterocycles. The quantitative estimate of drug-likeness (QED) is 0.625. The fourth-order valence-corrected chi connectivity index (χ4v) is 2.99. The van der Waals surface area contributed by atoms with Gasteiger partial charge in [0.1, 0.15) is 18.5 Å². The minimum absolute atomic E-state index is 0.320. The number of benzene rings is 1. The molecular weight excluding hydrogens is 264 g/mol. The summed E-state index contributed by atoms with van der Waals surface area (Å²) in [4.78, 5) is 2.29. The van der Waals surface area contributed by atoms with E-state index in [0.717, 1.165) is 11.4 Å². The molecule has 4 heteroatoms. The standard InChI is InChI=1S/C17H28N2O2/c1-19(15-6-4-2-3-5-7-15)12-16(20)13-21-17-10-8-14(18)9-11-17/h8-11,15-16,20H,2-7,12-13,18H2,1H3. The molecule has 2 rings (SSSR count). The van der Waals surface area contributed by atoms with Crippen LogP contribution in [0.25, 0.3) is 0 Å². The number of anilines is 1. The number of hydrogen-bond acceptors (Lipinski definition) is 4. The summed E-state index contributed by atoms with van der Waals surface area (Å²) in [5, 5.41) is 10.1. The van der Waals surface area contributed by atoms with Gasteiger partial charge < -0.3 is 20.5 Å². The summed E-state index contributed by atoms with van der Waals surface area (Å²) < 4.78 is 5.60. The smallest absolute Gasteiger partial charge is 0.119 e. The van der Waals surface area contributed by atoms with E-state index in [2.05, 4.69) is 11.9 Å². The summed E-state index contributed by atoms with van der Waals surface area (Å²) in [7, 11) is 2.11. The van der Waals surface area contributed by atoms with Crippen molar-refractivity contribution in [2.45, 2.75) is 50.7 Å². The van der Waals surface area contributed by atoms with E-state index in [4.69, 9.17) is 10.5 Å². The van der Waals surface area contributed by atoms with Crippen LogP contribution in [0.5, 0.6) is 5.75 Å². The van der Waals surface area contributed by atoms with Crippen LogP contribution < -0.4 is 10.5 Å². The molecule has 1 unspecified atom stereocenters. The maximum absolute atomic E-state index is 10.1. The third kappa shape index (κ3) is 5.56. The van der Waals surface area contributed by atoms with Crippen molar-refractivity contribution in [3.63, 3.8) is 0 Å². The van der Waals surface area contributed by atoms with Crippen LogP contribution in [0.4, 0.5) is 5.69 Å². The molecule has 3 N–H and O–H groups in total. The molecule has 0 saturated heterocycles. The molecule has 0 bridgehead atoms. The van der Waals surface area contributed by atoms with Gasteiger partial charge in [0.05, 0.1) is 0 Å². The normalized spacial score (nSPS) is 18.4. The van der Waals surface area contributed by atoms with Crippen molar-refractivity contribution in [2.75, 3.05) is 25.9 Å². The van der Waals surface area contributed by atoms with Crippen molar-refractivity contribution in [3.05, 3.63) is 24.3 Å². The van der Waals surface area contributed by atoms with E-state index < -0.39 is 6.10 Å². The first-order valence-corrected chi connectivity index (χ1v) is 8.02. The van der Waals surface area contributed by atoms with Crippen LogP contribution in [0.3, 0.4) is 0 Å². The largest absolute Gasteiger partial charge is 0.491 e. The van der Waals surface area contributed by atoms with Gasteiger partial charge in [0, 0.05) is 18.3 Å². The number of likely N-dealkylation sites (N-methyl/N-ethyl adjacent to an activating group) is 1. The van der Waals surface area contributed by atoms with Crippen molar-refractivity contribution < 1.29 is 9.84 Å². The second-order valence-corrected chi connectivity index (χ2v) is 6.12. The molecule has 0 spiro atoms. The van der Waals surface area contributed by atoms with Gasteiger partial charge in [-0.1, -0.05) is 25.7 Å². The molecule has 0 radical (unpaired) electrons. The van der Waals surface area contributed by atoms with Crippen molar-refractivity contribution >= 4 is 5.69 Å². The fraction of sp³-hybridized carbons (Fsp3) is 0.647. The summed E-state index contributed by atoms with van der Waals surface area (Å²) in [5.74, 6) is 0.750. The lowest BCUT2D eigenvalue weighted by atomic mass is 10.1. The number of nitrogen functional groups attached to an aromatic ring is 1. The molecule has 0 aromatic heterocycles. The predicted molar refractivity (Wildman–Crippen MR) is 86.5 cm³/mol. The van der Waals surface area contributed by atoms with Crippen LogP contribution in [-0.2, 0) is 0 Å². The Labute approximate surface area is 127 Å². The van der Waals surface area contributed by atoms with Crippen LogP contribution in [0, 0.1) is 0 Å². The van der Waals surface area contributed by atoms with Crippen LogP contribution >= 0.6 is 0 Å². The Balaban J connectivity index is 1.72. The van der Waals surface area contributed by atoms with Crippen molar-refractivity contribution in [1.29, 1.82) is 0 Å². The minimum Gasteiger partial charge on any atom is -0.491 e. The molecule has 1 fully saturated rings. The average Bonchev–Trinajstić information content (AvgIpc) is 2.76. The lowest BCUT2D eigenvalue weighted by Gasteiger charge is -2.29. The predicted octanol–water partition coefficient (Wildman–Crippen LogP) is 2.66. The maximum Gasteiger partial charge on any atom is 0.119 e. The highest BCUT2D eigenvalue weighted by Crippen LogP contribution is 2.21. The zero-order chi connectivity index (χ0) is 15.1. The monoisotopic (exact) mass is 292 g/mol. The SMILES string of the molecule is CN(CC(O)COc1ccc(N)cc1)C1CCCCCC1. The third-order valence-corrected chi connectivity index (χ3v) is 4.27. The molecule has 0 heterocycles. The fourth-order valence-electron chi connectivity index (χ4n) is 2.99. The number of rotatable bonds is 6. The van der Waals surface area contributed by atoms with Gasteiger partial charge in [-0.05, 0) is 44.2 Å². The Kier molecular flexibility index (Phi) is 6.33. The average molecular weight is 292 g/mol. The number of aliphatic hydroxyl groups is 1. The minimum atomic E-state index is -0.462. The van der Waals surface area contributed by atoms with Gasteiger partial charge in [-0.15, -0.1) is 0 Å². The molecule has 1 aliphatic carbocycles. The summed E-state index contributed by atoms with van der Waals surface area (Å²) in [6.45, 7) is 0.987. The van der Waals surface area contributed by atoms with Crippen LogP contribution in [-0.4, -0.2) is 42.4 Å². The van der Waals surface area contributed by atoms with E-state index in [1.165, 1.54) is 38.5 Å². The highest BCUT2D eigenvalue weighted by atomic mass is 16.5. The number of hydrogen-bond donors (Lipinski definition) is 2. The summed E-state index contributed by atoms with van der Waals surface area (Å²) in [5.41, 5.74) is 6.35. The molecule has 118 valence electrons. The second kappa shape index (κ2) is 8.25. The van der Waals surface area contributed by atoms with Crippen LogP contribution in [0.1, 0.15) is 38.5 Å². The maximum atomic E-state index is 10.1. The van der Waals surface area contributed by atoms with Gasteiger partial charge in [-0.25, -0.2) is 0 Å².